The second kappa shape index (κ2) is 7.14. The maximum atomic E-state index is 12.6. The number of amides is 1. The molecule has 2 heterocycles. The van der Waals surface area contributed by atoms with Crippen molar-refractivity contribution in [1.82, 2.24) is 9.88 Å². The monoisotopic (exact) mass is 346 g/mol. The molecule has 3 aromatic rings. The van der Waals surface area contributed by atoms with Gasteiger partial charge in [0.25, 0.3) is 5.91 Å². The van der Waals surface area contributed by atoms with Gasteiger partial charge in [-0.2, -0.15) is 0 Å². The molecule has 2 aromatic carbocycles. The molecule has 4 rings (SSSR count). The van der Waals surface area contributed by atoms with Crippen molar-refractivity contribution in [3.63, 3.8) is 0 Å². The lowest BCUT2D eigenvalue weighted by Gasteiger charge is -2.34. The van der Waals surface area contributed by atoms with Crippen molar-refractivity contribution in [3.05, 3.63) is 66.4 Å². The first-order chi connectivity index (χ1) is 12.7. The second-order valence-electron chi connectivity index (χ2n) is 6.67. The van der Waals surface area contributed by atoms with Gasteiger partial charge < -0.3 is 15.1 Å². The van der Waals surface area contributed by atoms with Crippen molar-refractivity contribution in [3.8, 4) is 0 Å². The van der Waals surface area contributed by atoms with E-state index >= 15 is 0 Å². The largest absolute Gasteiger partial charge is 0.369 e. The number of rotatable bonds is 3. The van der Waals surface area contributed by atoms with Crippen molar-refractivity contribution in [2.75, 3.05) is 43.4 Å². The Labute approximate surface area is 153 Å². The van der Waals surface area contributed by atoms with Crippen LogP contribution in [0.1, 0.15) is 10.4 Å². The molecule has 0 radical (unpaired) electrons. The summed E-state index contributed by atoms with van der Waals surface area (Å²) in [6.45, 7) is 4.17. The van der Waals surface area contributed by atoms with Crippen molar-refractivity contribution < 1.29 is 4.79 Å². The van der Waals surface area contributed by atoms with Crippen LogP contribution in [0.15, 0.2) is 60.8 Å². The maximum Gasteiger partial charge on any atom is 0.255 e. The first-order valence-corrected chi connectivity index (χ1v) is 8.89. The van der Waals surface area contributed by atoms with Gasteiger partial charge in [0.2, 0.25) is 0 Å². The summed E-state index contributed by atoms with van der Waals surface area (Å²) >= 11 is 0. The fourth-order valence-corrected chi connectivity index (χ4v) is 3.29. The fourth-order valence-electron chi connectivity index (χ4n) is 3.29. The lowest BCUT2D eigenvalue weighted by Crippen LogP contribution is -2.44. The number of para-hydroxylation sites is 1. The highest BCUT2D eigenvalue weighted by Crippen LogP contribution is 2.22. The van der Waals surface area contributed by atoms with Crippen molar-refractivity contribution in [2.24, 2.45) is 0 Å². The molecule has 0 unspecified atom stereocenters. The Hall–Kier alpha value is -2.92. The Morgan fingerprint density at radius 2 is 1.69 bits per heavy atom. The number of fused-ring (bicyclic) bond motifs is 1. The number of hydrogen-bond acceptors (Lipinski definition) is 4. The number of hydrogen-bond donors (Lipinski definition) is 1. The average Bonchev–Trinajstić information content (AvgIpc) is 2.69. The molecule has 1 fully saturated rings. The summed E-state index contributed by atoms with van der Waals surface area (Å²) in [6, 6.07) is 17.5. The molecule has 5 nitrogen and oxygen atoms in total. The van der Waals surface area contributed by atoms with Crippen molar-refractivity contribution in [2.45, 2.75) is 0 Å². The smallest absolute Gasteiger partial charge is 0.255 e. The van der Waals surface area contributed by atoms with Crippen LogP contribution in [0.4, 0.5) is 11.4 Å². The van der Waals surface area contributed by atoms with E-state index in [1.165, 1.54) is 5.69 Å². The minimum absolute atomic E-state index is 0.118. The number of nitrogens with one attached hydrogen (secondary N) is 1. The Morgan fingerprint density at radius 3 is 2.46 bits per heavy atom. The Balaban J connectivity index is 1.50. The summed E-state index contributed by atoms with van der Waals surface area (Å²) in [4.78, 5) is 21.7. The van der Waals surface area contributed by atoms with Gasteiger partial charge in [-0.1, -0.05) is 18.2 Å². The number of benzene rings is 2. The highest BCUT2D eigenvalue weighted by molar-refractivity contribution is 6.08. The van der Waals surface area contributed by atoms with Crippen LogP contribution in [0.2, 0.25) is 0 Å². The molecule has 1 amide bonds. The third kappa shape index (κ3) is 3.39. The second-order valence-corrected chi connectivity index (χ2v) is 6.67. The predicted octanol–water partition coefficient (Wildman–Crippen LogP) is 3.24. The molecule has 0 atom stereocenters. The molecule has 0 saturated carbocycles. The van der Waals surface area contributed by atoms with Crippen LogP contribution in [0.5, 0.6) is 0 Å². The van der Waals surface area contributed by atoms with E-state index in [0.29, 0.717) is 5.56 Å². The lowest BCUT2D eigenvalue weighted by atomic mass is 10.1. The van der Waals surface area contributed by atoms with Gasteiger partial charge in [-0.25, -0.2) is 0 Å². The predicted molar refractivity (Wildman–Crippen MR) is 106 cm³/mol. The van der Waals surface area contributed by atoms with Gasteiger partial charge in [-0.15, -0.1) is 0 Å². The molecule has 1 aromatic heterocycles. The van der Waals surface area contributed by atoms with Crippen LogP contribution in [0, 0.1) is 0 Å². The van der Waals surface area contributed by atoms with Gasteiger partial charge in [0, 0.05) is 49.0 Å². The molecule has 1 aliphatic rings. The number of carbonyl (C=O) groups excluding carboxylic acids is 1. The van der Waals surface area contributed by atoms with Crippen molar-refractivity contribution >= 4 is 28.2 Å². The van der Waals surface area contributed by atoms with Crippen LogP contribution in [0.3, 0.4) is 0 Å². The highest BCUT2D eigenvalue weighted by Gasteiger charge is 2.15. The molecule has 132 valence electrons. The SMILES string of the molecule is CN1CCN(c2ccc(C(=O)Nc3cccc4cccnc34)cc2)CC1. The van der Waals surface area contributed by atoms with Gasteiger partial charge in [-0.05, 0) is 43.4 Å². The summed E-state index contributed by atoms with van der Waals surface area (Å²) in [5.74, 6) is -0.118. The van der Waals surface area contributed by atoms with E-state index in [4.69, 9.17) is 0 Å². The zero-order valence-electron chi connectivity index (χ0n) is 14.9. The summed E-state index contributed by atoms with van der Waals surface area (Å²) < 4.78 is 0. The van der Waals surface area contributed by atoms with Crippen LogP contribution in [-0.2, 0) is 0 Å². The minimum atomic E-state index is -0.118. The van der Waals surface area contributed by atoms with E-state index in [1.807, 2.05) is 54.6 Å². The molecule has 1 aliphatic heterocycles. The van der Waals surface area contributed by atoms with E-state index in [1.54, 1.807) is 6.20 Å². The minimum Gasteiger partial charge on any atom is -0.369 e. The van der Waals surface area contributed by atoms with Crippen LogP contribution in [0.25, 0.3) is 10.9 Å². The number of piperazine rings is 1. The zero-order chi connectivity index (χ0) is 17.9. The number of pyridine rings is 1. The molecule has 1 N–H and O–H groups in total. The Morgan fingerprint density at radius 1 is 0.962 bits per heavy atom. The van der Waals surface area contributed by atoms with Gasteiger partial charge in [-0.3, -0.25) is 9.78 Å². The van der Waals surface area contributed by atoms with E-state index in [9.17, 15) is 4.79 Å². The number of nitrogens with zero attached hydrogens (tertiary/aromatic N) is 3. The van der Waals surface area contributed by atoms with Gasteiger partial charge in [0.05, 0.1) is 11.2 Å². The lowest BCUT2D eigenvalue weighted by molar-refractivity contribution is 0.102. The van der Waals surface area contributed by atoms with Crippen molar-refractivity contribution in [1.29, 1.82) is 0 Å². The summed E-state index contributed by atoms with van der Waals surface area (Å²) in [5.41, 5.74) is 3.35. The third-order valence-corrected chi connectivity index (χ3v) is 4.88. The number of anilines is 2. The first-order valence-electron chi connectivity index (χ1n) is 8.89. The van der Waals surface area contributed by atoms with E-state index in [0.717, 1.165) is 42.8 Å². The van der Waals surface area contributed by atoms with E-state index in [2.05, 4.69) is 27.1 Å². The molecule has 0 aliphatic carbocycles. The number of aromatic nitrogens is 1. The topological polar surface area (TPSA) is 48.5 Å². The highest BCUT2D eigenvalue weighted by atomic mass is 16.1. The summed E-state index contributed by atoms with van der Waals surface area (Å²) in [6.07, 6.45) is 1.74. The average molecular weight is 346 g/mol. The van der Waals surface area contributed by atoms with E-state index in [-0.39, 0.29) is 5.91 Å². The number of likely N-dealkylation sites (N-methyl/N-ethyl adjacent to an activating group) is 1. The Kier molecular flexibility index (Phi) is 4.54. The normalized spacial score (nSPS) is 15.2. The van der Waals surface area contributed by atoms with Gasteiger partial charge in [0.15, 0.2) is 0 Å². The number of carbonyl (C=O) groups is 1. The molecule has 5 heteroatoms. The summed E-state index contributed by atoms with van der Waals surface area (Å²) in [7, 11) is 2.15. The molecular formula is C21H22N4O. The molecule has 26 heavy (non-hydrogen) atoms. The van der Waals surface area contributed by atoms with Gasteiger partial charge >= 0.3 is 0 Å². The standard InChI is InChI=1S/C21H22N4O/c1-24-12-14-25(15-13-24)18-9-7-17(8-10-18)21(26)23-19-6-2-4-16-5-3-11-22-20(16)19/h2-11H,12-15H2,1H3,(H,23,26). The first kappa shape index (κ1) is 16.5. The third-order valence-electron chi connectivity index (χ3n) is 4.88. The molecular weight excluding hydrogens is 324 g/mol. The molecule has 0 spiro atoms. The van der Waals surface area contributed by atoms with Gasteiger partial charge in [0.1, 0.15) is 0 Å². The van der Waals surface area contributed by atoms with Crippen LogP contribution < -0.4 is 10.2 Å². The molecule has 0 bridgehead atoms. The van der Waals surface area contributed by atoms with Crippen LogP contribution >= 0.6 is 0 Å². The molecule has 1 saturated heterocycles. The zero-order valence-corrected chi connectivity index (χ0v) is 14.9. The quantitative estimate of drug-likeness (QED) is 0.791. The van der Waals surface area contributed by atoms with E-state index < -0.39 is 0 Å². The summed E-state index contributed by atoms with van der Waals surface area (Å²) in [5, 5.41) is 3.99. The van der Waals surface area contributed by atoms with Crippen LogP contribution in [-0.4, -0.2) is 49.0 Å². The Bertz CT molecular complexity index is 909. The fraction of sp³-hybridized carbons (Fsp3) is 0.238. The maximum absolute atomic E-state index is 12.6.